The molecule has 0 saturated carbocycles. The number of carbonyl (C=O) groups is 1. The van der Waals surface area contributed by atoms with Crippen LogP contribution in [0.2, 0.25) is 0 Å². The number of pyridine rings is 1. The van der Waals surface area contributed by atoms with Crippen molar-refractivity contribution in [1.82, 2.24) is 9.61 Å². The van der Waals surface area contributed by atoms with E-state index >= 15 is 0 Å². The van der Waals surface area contributed by atoms with Crippen molar-refractivity contribution in [2.45, 2.75) is 6.92 Å². The monoisotopic (exact) mass is 190 g/mol. The van der Waals surface area contributed by atoms with Crippen LogP contribution >= 0.6 is 0 Å². The van der Waals surface area contributed by atoms with Crippen molar-refractivity contribution in [3.8, 4) is 0 Å². The molecule has 0 N–H and O–H groups in total. The second kappa shape index (κ2) is 3.14. The highest BCUT2D eigenvalue weighted by Gasteiger charge is 2.07. The number of aromatic nitrogens is 2. The van der Waals surface area contributed by atoms with Crippen LogP contribution in [0.15, 0.2) is 24.5 Å². The largest absolute Gasteiger partial charge is 0.465 e. The maximum absolute atomic E-state index is 11.2. The predicted molar refractivity (Wildman–Crippen MR) is 51.3 cm³/mol. The van der Waals surface area contributed by atoms with Crippen LogP contribution in [0, 0.1) is 6.92 Å². The highest BCUT2D eigenvalue weighted by Crippen LogP contribution is 2.10. The van der Waals surface area contributed by atoms with Crippen LogP contribution in [0.5, 0.6) is 0 Å². The minimum Gasteiger partial charge on any atom is -0.465 e. The van der Waals surface area contributed by atoms with Gasteiger partial charge in [0.2, 0.25) is 0 Å². The molecule has 0 spiro atoms. The maximum Gasteiger partial charge on any atom is 0.339 e. The van der Waals surface area contributed by atoms with Gasteiger partial charge in [-0.15, -0.1) is 0 Å². The van der Waals surface area contributed by atoms with Gasteiger partial charge in [-0.1, -0.05) is 0 Å². The molecule has 4 nitrogen and oxygen atoms in total. The van der Waals surface area contributed by atoms with Crippen molar-refractivity contribution in [3.63, 3.8) is 0 Å². The van der Waals surface area contributed by atoms with Crippen molar-refractivity contribution in [3.05, 3.63) is 35.7 Å². The summed E-state index contributed by atoms with van der Waals surface area (Å²) in [5.41, 5.74) is 2.59. The van der Waals surface area contributed by atoms with E-state index in [9.17, 15) is 4.79 Å². The topological polar surface area (TPSA) is 43.6 Å². The summed E-state index contributed by atoms with van der Waals surface area (Å²) in [5, 5.41) is 4.10. The summed E-state index contributed by atoms with van der Waals surface area (Å²) in [6, 6.07) is 3.59. The normalized spacial score (nSPS) is 10.4. The summed E-state index contributed by atoms with van der Waals surface area (Å²) in [7, 11) is 1.36. The van der Waals surface area contributed by atoms with Gasteiger partial charge in [0.05, 0.1) is 24.4 Å². The van der Waals surface area contributed by atoms with Crippen molar-refractivity contribution in [2.24, 2.45) is 0 Å². The zero-order chi connectivity index (χ0) is 10.1. The van der Waals surface area contributed by atoms with E-state index in [4.69, 9.17) is 0 Å². The first-order valence-corrected chi connectivity index (χ1v) is 4.24. The van der Waals surface area contributed by atoms with Crippen molar-refractivity contribution >= 4 is 11.5 Å². The van der Waals surface area contributed by atoms with Crippen LogP contribution in [-0.4, -0.2) is 22.7 Å². The fraction of sp³-hybridized carbons (Fsp3) is 0.200. The van der Waals surface area contributed by atoms with Gasteiger partial charge in [-0.05, 0) is 24.6 Å². The van der Waals surface area contributed by atoms with Crippen molar-refractivity contribution < 1.29 is 9.53 Å². The van der Waals surface area contributed by atoms with E-state index in [1.54, 1.807) is 23.0 Å². The molecule has 2 rings (SSSR count). The van der Waals surface area contributed by atoms with E-state index in [1.165, 1.54) is 7.11 Å². The van der Waals surface area contributed by atoms with Gasteiger partial charge in [0.25, 0.3) is 0 Å². The number of rotatable bonds is 1. The minimum atomic E-state index is -0.347. The maximum atomic E-state index is 11.2. The SMILES string of the molecule is COC(=O)c1ccc2c(C)cnn2c1. The summed E-state index contributed by atoms with van der Waals surface area (Å²) < 4.78 is 6.28. The summed E-state index contributed by atoms with van der Waals surface area (Å²) in [6.07, 6.45) is 3.42. The minimum absolute atomic E-state index is 0.347. The third-order valence-corrected chi connectivity index (χ3v) is 2.13. The zero-order valence-electron chi connectivity index (χ0n) is 8.02. The summed E-state index contributed by atoms with van der Waals surface area (Å²) >= 11 is 0. The number of aryl methyl sites for hydroxylation is 1. The van der Waals surface area contributed by atoms with Gasteiger partial charge in [-0.25, -0.2) is 9.31 Å². The molecular weight excluding hydrogens is 180 g/mol. The summed E-state index contributed by atoms with van der Waals surface area (Å²) in [6.45, 7) is 1.97. The molecule has 0 amide bonds. The van der Waals surface area contributed by atoms with Crippen molar-refractivity contribution in [2.75, 3.05) is 7.11 Å². The van der Waals surface area contributed by atoms with E-state index in [-0.39, 0.29) is 5.97 Å². The molecular formula is C10H10N2O2. The molecule has 0 radical (unpaired) electrons. The first-order chi connectivity index (χ1) is 6.72. The number of nitrogens with zero attached hydrogens (tertiary/aromatic N) is 2. The molecule has 2 aromatic rings. The van der Waals surface area contributed by atoms with E-state index < -0.39 is 0 Å². The molecule has 14 heavy (non-hydrogen) atoms. The second-order valence-corrected chi connectivity index (χ2v) is 3.07. The van der Waals surface area contributed by atoms with Gasteiger partial charge in [-0.3, -0.25) is 0 Å². The summed E-state index contributed by atoms with van der Waals surface area (Å²) in [5.74, 6) is -0.347. The molecule has 0 fully saturated rings. The quantitative estimate of drug-likeness (QED) is 0.639. The lowest BCUT2D eigenvalue weighted by Gasteiger charge is -1.99. The van der Waals surface area contributed by atoms with Crippen LogP contribution in [0.1, 0.15) is 15.9 Å². The Bertz CT molecular complexity index is 488. The van der Waals surface area contributed by atoms with Crippen molar-refractivity contribution in [1.29, 1.82) is 0 Å². The molecule has 0 bridgehead atoms. The Kier molecular flexibility index (Phi) is 1.96. The van der Waals surface area contributed by atoms with Gasteiger partial charge >= 0.3 is 5.97 Å². The molecule has 0 unspecified atom stereocenters. The molecule has 2 heterocycles. The molecule has 0 aliphatic rings. The lowest BCUT2D eigenvalue weighted by atomic mass is 10.2. The smallest absolute Gasteiger partial charge is 0.339 e. The third-order valence-electron chi connectivity index (χ3n) is 2.13. The van der Waals surface area contributed by atoms with Gasteiger partial charge in [0.1, 0.15) is 0 Å². The molecule has 4 heteroatoms. The Balaban J connectivity index is 2.57. The Morgan fingerprint density at radius 1 is 1.50 bits per heavy atom. The lowest BCUT2D eigenvalue weighted by Crippen LogP contribution is -2.02. The molecule has 0 atom stereocenters. The number of hydrogen-bond acceptors (Lipinski definition) is 3. The molecule has 0 aliphatic carbocycles. The average Bonchev–Trinajstić information content (AvgIpc) is 2.59. The first kappa shape index (κ1) is 8.74. The number of ether oxygens (including phenoxy) is 1. The van der Waals surface area contributed by atoms with E-state index in [1.807, 2.05) is 13.0 Å². The number of methoxy groups -OCH3 is 1. The van der Waals surface area contributed by atoms with Crippen LogP contribution < -0.4 is 0 Å². The van der Waals surface area contributed by atoms with Gasteiger partial charge in [-0.2, -0.15) is 5.10 Å². The number of hydrogen-bond donors (Lipinski definition) is 0. The molecule has 0 aliphatic heterocycles. The fourth-order valence-electron chi connectivity index (χ4n) is 1.35. The van der Waals surface area contributed by atoms with Crippen LogP contribution in [0.3, 0.4) is 0 Å². The number of carbonyl (C=O) groups excluding carboxylic acids is 1. The van der Waals surface area contributed by atoms with E-state index in [0.717, 1.165) is 11.1 Å². The molecule has 0 aromatic carbocycles. The molecule has 2 aromatic heterocycles. The zero-order valence-corrected chi connectivity index (χ0v) is 8.02. The predicted octanol–water partition coefficient (Wildman–Crippen LogP) is 1.43. The second-order valence-electron chi connectivity index (χ2n) is 3.07. The standard InChI is InChI=1S/C10H10N2O2/c1-7-5-11-12-6-8(10(13)14-2)3-4-9(7)12/h3-6H,1-2H3. The average molecular weight is 190 g/mol. The number of fused-ring (bicyclic) bond motifs is 1. The van der Waals surface area contributed by atoms with Crippen LogP contribution in [0.25, 0.3) is 5.52 Å². The molecule has 0 saturated heterocycles. The number of esters is 1. The van der Waals surface area contributed by atoms with Gasteiger partial charge < -0.3 is 4.74 Å². The Morgan fingerprint density at radius 3 is 3.00 bits per heavy atom. The van der Waals surface area contributed by atoms with Crippen LogP contribution in [0.4, 0.5) is 0 Å². The fourth-order valence-corrected chi connectivity index (χ4v) is 1.35. The van der Waals surface area contributed by atoms with E-state index in [0.29, 0.717) is 5.56 Å². The third kappa shape index (κ3) is 1.25. The highest BCUT2D eigenvalue weighted by atomic mass is 16.5. The Hall–Kier alpha value is -1.84. The lowest BCUT2D eigenvalue weighted by molar-refractivity contribution is 0.0600. The Labute approximate surface area is 81.1 Å². The van der Waals surface area contributed by atoms with E-state index in [2.05, 4.69) is 9.84 Å². The van der Waals surface area contributed by atoms with Gasteiger partial charge in [0.15, 0.2) is 0 Å². The van der Waals surface area contributed by atoms with Crippen LogP contribution in [-0.2, 0) is 4.74 Å². The highest BCUT2D eigenvalue weighted by molar-refractivity contribution is 5.89. The Morgan fingerprint density at radius 2 is 2.29 bits per heavy atom. The summed E-state index contributed by atoms with van der Waals surface area (Å²) in [4.78, 5) is 11.2. The molecule has 72 valence electrons. The first-order valence-electron chi connectivity index (χ1n) is 4.24. The van der Waals surface area contributed by atoms with Gasteiger partial charge in [0, 0.05) is 6.20 Å².